The van der Waals surface area contributed by atoms with E-state index in [4.69, 9.17) is 4.74 Å². The Labute approximate surface area is 221 Å². The monoisotopic (exact) mass is 512 g/mol. The molecule has 2 aliphatic heterocycles. The minimum Gasteiger partial charge on any atom is -0.451 e. The van der Waals surface area contributed by atoms with Crippen LogP contribution in [0, 0.1) is 5.82 Å². The molecule has 1 fully saturated rings. The average Bonchev–Trinajstić information content (AvgIpc) is 3.39. The molecule has 3 aromatic carbocycles. The number of pyridine rings is 1. The topological polar surface area (TPSA) is 58.5 Å². The Morgan fingerprint density at radius 1 is 1.21 bits per heavy atom. The fourth-order valence-electron chi connectivity index (χ4n) is 6.09. The molecule has 1 aromatic heterocycles. The summed E-state index contributed by atoms with van der Waals surface area (Å²) in [5, 5.41) is 8.82. The molecule has 4 aromatic rings. The van der Waals surface area contributed by atoms with Crippen LogP contribution in [0.15, 0.2) is 59.5 Å². The van der Waals surface area contributed by atoms with E-state index in [0.29, 0.717) is 34.0 Å². The highest BCUT2D eigenvalue weighted by molar-refractivity contribution is 5.97. The molecule has 0 aliphatic carbocycles. The molecule has 6 nitrogen and oxygen atoms in total. The number of anilines is 1. The SMILES string of the molecule is CC=C(NCCC1CCCN1CC)c1cn2c3c(c(NC)c(F)cc3c1=O)Oc1cc3ccccc3cc1-2. The molecule has 1 unspecified atom stereocenters. The molecule has 6 rings (SSSR count). The summed E-state index contributed by atoms with van der Waals surface area (Å²) in [6.07, 6.45) is 7.27. The van der Waals surface area contributed by atoms with Gasteiger partial charge in [0.15, 0.2) is 22.7 Å². The first-order valence-corrected chi connectivity index (χ1v) is 13.5. The number of aromatic nitrogens is 1. The number of rotatable bonds is 7. The third-order valence-electron chi connectivity index (χ3n) is 8.02. The van der Waals surface area contributed by atoms with Crippen molar-refractivity contribution >= 4 is 33.1 Å². The zero-order chi connectivity index (χ0) is 26.4. The highest BCUT2D eigenvalue weighted by Crippen LogP contribution is 2.46. The van der Waals surface area contributed by atoms with E-state index in [1.165, 1.54) is 18.9 Å². The standard InChI is InChI=1S/C31H33FN4O2/c1-4-25(34-13-12-21-11-8-14-35(21)5-2)23-18-36-26-15-19-9-6-7-10-20(19)16-27(26)38-31-28(33-3)24(32)17-22(29(31)36)30(23)37/h4,6-7,9-10,15-18,21,33-34H,5,8,11-14H2,1-3H3. The van der Waals surface area contributed by atoms with Crippen LogP contribution in [0.25, 0.3) is 33.1 Å². The minimum absolute atomic E-state index is 0.219. The van der Waals surface area contributed by atoms with Gasteiger partial charge in [0, 0.05) is 31.5 Å². The number of hydrogen-bond acceptors (Lipinski definition) is 5. The third kappa shape index (κ3) is 3.93. The lowest BCUT2D eigenvalue weighted by molar-refractivity contribution is 0.256. The number of hydrogen-bond donors (Lipinski definition) is 2. The molecule has 7 heteroatoms. The quantitative estimate of drug-likeness (QED) is 0.270. The van der Waals surface area contributed by atoms with E-state index in [0.717, 1.165) is 48.2 Å². The first kappa shape index (κ1) is 24.5. The smallest absolute Gasteiger partial charge is 0.198 e. The lowest BCUT2D eigenvalue weighted by atomic mass is 10.0. The number of allylic oxidation sites excluding steroid dienone is 1. The minimum atomic E-state index is -0.518. The third-order valence-corrected chi connectivity index (χ3v) is 8.02. The Morgan fingerprint density at radius 2 is 2.00 bits per heavy atom. The van der Waals surface area contributed by atoms with Crippen molar-refractivity contribution in [3.63, 3.8) is 0 Å². The van der Waals surface area contributed by atoms with E-state index in [-0.39, 0.29) is 11.1 Å². The van der Waals surface area contributed by atoms with Crippen molar-refractivity contribution in [2.45, 2.75) is 39.2 Å². The molecule has 196 valence electrons. The molecule has 0 saturated carbocycles. The molecule has 2 N–H and O–H groups in total. The van der Waals surface area contributed by atoms with Crippen molar-refractivity contribution in [1.29, 1.82) is 0 Å². The predicted molar refractivity (Wildman–Crippen MR) is 153 cm³/mol. The van der Waals surface area contributed by atoms with E-state index in [9.17, 15) is 4.79 Å². The molecule has 1 atom stereocenters. The summed E-state index contributed by atoms with van der Waals surface area (Å²) >= 11 is 0. The molecule has 2 aliphatic rings. The Morgan fingerprint density at radius 3 is 2.74 bits per heavy atom. The van der Waals surface area contributed by atoms with Gasteiger partial charge in [-0.1, -0.05) is 37.3 Å². The Kier molecular flexibility index (Phi) is 6.32. The van der Waals surface area contributed by atoms with E-state index in [1.54, 1.807) is 7.05 Å². The van der Waals surface area contributed by atoms with Gasteiger partial charge in [0.1, 0.15) is 11.2 Å². The van der Waals surface area contributed by atoms with Gasteiger partial charge in [-0.2, -0.15) is 0 Å². The maximum absolute atomic E-state index is 15.3. The van der Waals surface area contributed by atoms with Crippen molar-refractivity contribution in [2.24, 2.45) is 0 Å². The fraction of sp³-hybridized carbons (Fsp3) is 0.323. The molecular formula is C31H33FN4O2. The summed E-state index contributed by atoms with van der Waals surface area (Å²) in [5.74, 6) is 0.422. The average molecular weight is 513 g/mol. The fourth-order valence-corrected chi connectivity index (χ4v) is 6.09. The number of fused-ring (bicyclic) bond motifs is 3. The van der Waals surface area contributed by atoms with Crippen LogP contribution in [0.4, 0.5) is 10.1 Å². The molecule has 0 amide bonds. The van der Waals surface area contributed by atoms with Crippen molar-refractivity contribution < 1.29 is 9.13 Å². The second-order valence-electron chi connectivity index (χ2n) is 10.1. The van der Waals surface area contributed by atoms with Crippen LogP contribution in [0.1, 0.15) is 38.7 Å². The van der Waals surface area contributed by atoms with Gasteiger partial charge in [-0.25, -0.2) is 4.39 Å². The Bertz CT molecular complexity index is 1640. The number of nitrogens with zero attached hydrogens (tertiary/aromatic N) is 2. The number of benzene rings is 3. The highest BCUT2D eigenvalue weighted by atomic mass is 19.1. The van der Waals surface area contributed by atoms with Gasteiger partial charge >= 0.3 is 0 Å². The van der Waals surface area contributed by atoms with Gasteiger partial charge in [-0.05, 0) is 68.2 Å². The maximum atomic E-state index is 15.3. The van der Waals surface area contributed by atoms with Crippen LogP contribution in [-0.4, -0.2) is 42.2 Å². The molecular weight excluding hydrogens is 479 g/mol. The van der Waals surface area contributed by atoms with Gasteiger partial charge in [-0.15, -0.1) is 0 Å². The molecule has 38 heavy (non-hydrogen) atoms. The molecule has 0 spiro atoms. The summed E-state index contributed by atoms with van der Waals surface area (Å²) in [7, 11) is 1.66. The largest absolute Gasteiger partial charge is 0.451 e. The number of likely N-dealkylation sites (tertiary alicyclic amines) is 1. The summed E-state index contributed by atoms with van der Waals surface area (Å²) in [6, 6.07) is 14.0. The van der Waals surface area contributed by atoms with Crippen molar-refractivity contribution in [3.05, 3.63) is 76.3 Å². The van der Waals surface area contributed by atoms with Gasteiger partial charge in [-0.3, -0.25) is 4.79 Å². The Balaban J connectivity index is 1.48. The molecule has 3 heterocycles. The molecule has 0 bridgehead atoms. The van der Waals surface area contributed by atoms with Gasteiger partial charge in [0.2, 0.25) is 0 Å². The van der Waals surface area contributed by atoms with Gasteiger partial charge < -0.3 is 24.8 Å². The lowest BCUT2D eigenvalue weighted by Crippen LogP contribution is -2.32. The second-order valence-corrected chi connectivity index (χ2v) is 10.1. The van der Waals surface area contributed by atoms with Crippen molar-refractivity contribution in [3.8, 4) is 17.2 Å². The Hall–Kier alpha value is -3.84. The van der Waals surface area contributed by atoms with Crippen LogP contribution in [0.2, 0.25) is 0 Å². The predicted octanol–water partition coefficient (Wildman–Crippen LogP) is 6.26. The van der Waals surface area contributed by atoms with Crippen LogP contribution in [0.3, 0.4) is 0 Å². The van der Waals surface area contributed by atoms with Crippen molar-refractivity contribution in [1.82, 2.24) is 14.8 Å². The lowest BCUT2D eigenvalue weighted by Gasteiger charge is -2.27. The molecule has 1 saturated heterocycles. The van der Waals surface area contributed by atoms with E-state index in [2.05, 4.69) is 34.6 Å². The maximum Gasteiger partial charge on any atom is 0.198 e. The summed E-state index contributed by atoms with van der Waals surface area (Å²) < 4.78 is 23.5. The number of ether oxygens (including phenoxy) is 1. The molecule has 0 radical (unpaired) electrons. The summed E-state index contributed by atoms with van der Waals surface area (Å²) in [4.78, 5) is 16.3. The van der Waals surface area contributed by atoms with Gasteiger partial charge in [0.05, 0.1) is 16.6 Å². The first-order chi connectivity index (χ1) is 18.5. The number of nitrogens with one attached hydrogen (secondary N) is 2. The highest BCUT2D eigenvalue weighted by Gasteiger charge is 2.28. The zero-order valence-corrected chi connectivity index (χ0v) is 22.1. The normalized spacial score (nSPS) is 17.1. The second kappa shape index (κ2) is 9.80. The van der Waals surface area contributed by atoms with Gasteiger partial charge in [0.25, 0.3) is 0 Å². The summed E-state index contributed by atoms with van der Waals surface area (Å²) in [5.41, 5.74) is 2.67. The van der Waals surface area contributed by atoms with Crippen molar-refractivity contribution in [2.75, 3.05) is 32.0 Å². The summed E-state index contributed by atoms with van der Waals surface area (Å²) in [6.45, 7) is 7.13. The van der Waals surface area contributed by atoms with E-state index in [1.807, 2.05) is 48.0 Å². The van der Waals surface area contributed by atoms with E-state index < -0.39 is 5.82 Å². The number of halogens is 1. The van der Waals surface area contributed by atoms with E-state index >= 15 is 4.39 Å². The zero-order valence-electron chi connectivity index (χ0n) is 22.1. The van der Waals surface area contributed by atoms with Crippen LogP contribution in [-0.2, 0) is 0 Å². The van der Waals surface area contributed by atoms with Crippen LogP contribution >= 0.6 is 0 Å². The van der Waals surface area contributed by atoms with Crippen LogP contribution in [0.5, 0.6) is 11.5 Å². The van der Waals surface area contributed by atoms with Crippen LogP contribution < -0.4 is 20.8 Å². The first-order valence-electron chi connectivity index (χ1n) is 13.5.